The van der Waals surface area contributed by atoms with Crippen LogP contribution in [0.2, 0.25) is 5.15 Å². The molecule has 0 aliphatic rings. The third-order valence-electron chi connectivity index (χ3n) is 2.15. The summed E-state index contributed by atoms with van der Waals surface area (Å²) >= 11 is 5.85. The Bertz CT molecular complexity index is 621. The van der Waals surface area contributed by atoms with Crippen molar-refractivity contribution < 1.29 is 4.92 Å². The molecular weight excluding hydrogens is 274 g/mol. The van der Waals surface area contributed by atoms with E-state index in [0.717, 1.165) is 6.33 Å². The maximum absolute atomic E-state index is 11.0. The summed E-state index contributed by atoms with van der Waals surface area (Å²) in [6.07, 6.45) is 2.63. The largest absolute Gasteiger partial charge is 0.354 e. The van der Waals surface area contributed by atoms with Crippen LogP contribution in [0.4, 0.5) is 23.0 Å². The molecule has 0 bridgehead atoms. The quantitative estimate of drug-likeness (QED) is 0.332. The highest BCUT2D eigenvalue weighted by atomic mass is 35.5. The number of pyridine rings is 1. The summed E-state index contributed by atoms with van der Waals surface area (Å²) in [5, 5.41) is 13.9. The fourth-order valence-electron chi connectivity index (χ4n) is 1.36. The van der Waals surface area contributed by atoms with E-state index in [9.17, 15) is 10.1 Å². The highest BCUT2D eigenvalue weighted by Crippen LogP contribution is 2.31. The van der Waals surface area contributed by atoms with Crippen LogP contribution in [0.25, 0.3) is 0 Å². The van der Waals surface area contributed by atoms with Gasteiger partial charge in [-0.25, -0.2) is 20.8 Å². The molecular formula is C9H8ClN7O2. The molecule has 10 heteroatoms. The number of aromatic nitrogens is 3. The SMILES string of the molecule is NNc1ncnc(Nc2cccnc2Cl)c1[N+](=O)[O-]. The standard InChI is InChI=1S/C9H8ClN7O2/c10-7-5(2-1-3-12-7)15-8-6(17(18)19)9(16-11)14-4-13-8/h1-4H,11H2,(H2,13,14,15,16). The lowest BCUT2D eigenvalue weighted by atomic mass is 10.4. The highest BCUT2D eigenvalue weighted by Gasteiger charge is 2.23. The molecule has 4 N–H and O–H groups in total. The van der Waals surface area contributed by atoms with Gasteiger partial charge in [0.1, 0.15) is 6.33 Å². The highest BCUT2D eigenvalue weighted by molar-refractivity contribution is 6.32. The second-order valence-corrected chi connectivity index (χ2v) is 3.65. The Labute approximate surface area is 112 Å². The number of nitrogens with two attached hydrogens (primary N) is 1. The number of hydrogen-bond acceptors (Lipinski definition) is 8. The van der Waals surface area contributed by atoms with Crippen LogP contribution >= 0.6 is 11.6 Å². The zero-order valence-corrected chi connectivity index (χ0v) is 10.1. The molecule has 2 rings (SSSR count). The Balaban J connectivity index is 2.46. The van der Waals surface area contributed by atoms with Crippen molar-refractivity contribution in [3.05, 3.63) is 39.9 Å². The molecule has 0 saturated heterocycles. The molecule has 0 radical (unpaired) electrons. The van der Waals surface area contributed by atoms with Crippen LogP contribution in [-0.2, 0) is 0 Å². The van der Waals surface area contributed by atoms with Gasteiger partial charge in [0.05, 0.1) is 10.6 Å². The summed E-state index contributed by atoms with van der Waals surface area (Å²) < 4.78 is 0. The third kappa shape index (κ3) is 2.67. The summed E-state index contributed by atoms with van der Waals surface area (Å²) in [5.74, 6) is 5.02. The molecule has 98 valence electrons. The van der Waals surface area contributed by atoms with E-state index in [0.29, 0.717) is 5.69 Å². The summed E-state index contributed by atoms with van der Waals surface area (Å²) in [5.41, 5.74) is 2.14. The van der Waals surface area contributed by atoms with Crippen molar-refractivity contribution in [2.75, 3.05) is 10.7 Å². The molecule has 0 spiro atoms. The van der Waals surface area contributed by atoms with E-state index in [-0.39, 0.29) is 22.5 Å². The molecule has 2 aromatic heterocycles. The van der Waals surface area contributed by atoms with Gasteiger partial charge in [-0.1, -0.05) is 11.6 Å². The van der Waals surface area contributed by atoms with Crippen LogP contribution in [0.5, 0.6) is 0 Å². The predicted molar refractivity (Wildman–Crippen MR) is 69.0 cm³/mol. The lowest BCUT2D eigenvalue weighted by molar-refractivity contribution is -0.383. The zero-order valence-electron chi connectivity index (χ0n) is 9.37. The zero-order chi connectivity index (χ0) is 13.8. The minimum absolute atomic E-state index is 0.0390. The fourth-order valence-corrected chi connectivity index (χ4v) is 1.52. The van der Waals surface area contributed by atoms with Gasteiger partial charge in [0, 0.05) is 6.20 Å². The summed E-state index contributed by atoms with van der Waals surface area (Å²) in [6, 6.07) is 3.24. The van der Waals surface area contributed by atoms with Crippen molar-refractivity contribution in [2.45, 2.75) is 0 Å². The van der Waals surface area contributed by atoms with E-state index < -0.39 is 4.92 Å². The number of hydrazine groups is 1. The minimum atomic E-state index is -0.651. The Morgan fingerprint density at radius 1 is 1.32 bits per heavy atom. The number of hydrogen-bond donors (Lipinski definition) is 3. The van der Waals surface area contributed by atoms with Crippen LogP contribution in [0.1, 0.15) is 0 Å². The number of nitrogens with one attached hydrogen (secondary N) is 2. The molecule has 0 saturated carbocycles. The number of nitrogens with zero attached hydrogens (tertiary/aromatic N) is 4. The van der Waals surface area contributed by atoms with Crippen molar-refractivity contribution in [1.82, 2.24) is 15.0 Å². The monoisotopic (exact) mass is 281 g/mol. The van der Waals surface area contributed by atoms with Crippen molar-refractivity contribution in [2.24, 2.45) is 5.84 Å². The van der Waals surface area contributed by atoms with Gasteiger partial charge in [-0.15, -0.1) is 0 Å². The smallest absolute Gasteiger partial charge is 0.332 e. The molecule has 0 atom stereocenters. The van der Waals surface area contributed by atoms with E-state index in [1.54, 1.807) is 12.1 Å². The van der Waals surface area contributed by atoms with Crippen molar-refractivity contribution >= 4 is 34.6 Å². The van der Waals surface area contributed by atoms with Gasteiger partial charge in [0.25, 0.3) is 0 Å². The fraction of sp³-hybridized carbons (Fsp3) is 0. The first-order valence-corrected chi connectivity index (χ1v) is 5.35. The minimum Gasteiger partial charge on any atom is -0.332 e. The first-order chi connectivity index (χ1) is 9.13. The van der Waals surface area contributed by atoms with E-state index in [1.807, 2.05) is 0 Å². The number of nitro groups is 1. The van der Waals surface area contributed by atoms with Gasteiger partial charge in [0.15, 0.2) is 5.15 Å². The lowest BCUT2D eigenvalue weighted by Crippen LogP contribution is -2.12. The van der Waals surface area contributed by atoms with Gasteiger partial charge in [-0.3, -0.25) is 10.1 Å². The van der Waals surface area contributed by atoms with E-state index in [1.165, 1.54) is 6.20 Å². The molecule has 0 aliphatic carbocycles. The Morgan fingerprint density at radius 2 is 2.05 bits per heavy atom. The van der Waals surface area contributed by atoms with E-state index in [4.69, 9.17) is 17.4 Å². The van der Waals surface area contributed by atoms with Crippen molar-refractivity contribution in [3.8, 4) is 0 Å². The van der Waals surface area contributed by atoms with E-state index >= 15 is 0 Å². The van der Waals surface area contributed by atoms with Crippen LogP contribution in [0.15, 0.2) is 24.7 Å². The van der Waals surface area contributed by atoms with Crippen LogP contribution < -0.4 is 16.6 Å². The Kier molecular flexibility index (Phi) is 3.68. The predicted octanol–water partition coefficient (Wildman–Crippen LogP) is 1.46. The van der Waals surface area contributed by atoms with E-state index in [2.05, 4.69) is 25.7 Å². The number of halogens is 1. The third-order valence-corrected chi connectivity index (χ3v) is 2.45. The molecule has 2 aromatic rings. The Hall–Kier alpha value is -2.52. The summed E-state index contributed by atoms with van der Waals surface area (Å²) in [4.78, 5) is 21.7. The lowest BCUT2D eigenvalue weighted by Gasteiger charge is -2.08. The molecule has 0 aliphatic heterocycles. The number of rotatable bonds is 4. The molecule has 2 heterocycles. The topological polar surface area (TPSA) is 132 Å². The molecule has 0 unspecified atom stereocenters. The first-order valence-electron chi connectivity index (χ1n) is 4.97. The van der Waals surface area contributed by atoms with Gasteiger partial charge < -0.3 is 10.7 Å². The van der Waals surface area contributed by atoms with Crippen LogP contribution in [-0.4, -0.2) is 19.9 Å². The molecule has 9 nitrogen and oxygen atoms in total. The van der Waals surface area contributed by atoms with Crippen LogP contribution in [0.3, 0.4) is 0 Å². The summed E-state index contributed by atoms with van der Waals surface area (Å²) in [7, 11) is 0. The van der Waals surface area contributed by atoms with Crippen LogP contribution in [0, 0.1) is 10.1 Å². The molecule has 0 fully saturated rings. The number of anilines is 3. The first kappa shape index (κ1) is 12.9. The molecule has 0 amide bonds. The van der Waals surface area contributed by atoms with Gasteiger partial charge in [0.2, 0.25) is 11.6 Å². The normalized spacial score (nSPS) is 10.0. The average molecular weight is 282 g/mol. The summed E-state index contributed by atoms with van der Waals surface area (Å²) in [6.45, 7) is 0. The Morgan fingerprint density at radius 3 is 2.68 bits per heavy atom. The second kappa shape index (κ2) is 5.42. The number of nitrogen functional groups attached to an aromatic ring is 1. The van der Waals surface area contributed by atoms with Crippen molar-refractivity contribution in [1.29, 1.82) is 0 Å². The molecule has 19 heavy (non-hydrogen) atoms. The van der Waals surface area contributed by atoms with Gasteiger partial charge >= 0.3 is 5.69 Å². The van der Waals surface area contributed by atoms with Gasteiger partial charge in [-0.2, -0.15) is 0 Å². The van der Waals surface area contributed by atoms with Crippen molar-refractivity contribution in [3.63, 3.8) is 0 Å². The second-order valence-electron chi connectivity index (χ2n) is 3.29. The maximum Gasteiger partial charge on any atom is 0.354 e. The average Bonchev–Trinajstić information content (AvgIpc) is 2.40. The molecule has 0 aromatic carbocycles. The van der Waals surface area contributed by atoms with Gasteiger partial charge in [-0.05, 0) is 12.1 Å². The maximum atomic E-state index is 11.0.